The Morgan fingerprint density at radius 3 is 2.28 bits per heavy atom. The van der Waals surface area contributed by atoms with E-state index in [1.807, 2.05) is 19.1 Å². The molecule has 0 radical (unpaired) electrons. The summed E-state index contributed by atoms with van der Waals surface area (Å²) in [5, 5.41) is 3.01. The third kappa shape index (κ3) is 6.28. The zero-order valence-electron chi connectivity index (χ0n) is 17.7. The quantitative estimate of drug-likeness (QED) is 0.709. The first-order chi connectivity index (χ1) is 14.1. The van der Waals surface area contributed by atoms with Gasteiger partial charge in [0.25, 0.3) is 0 Å². The highest BCUT2D eigenvalue weighted by atomic mass is 16.5. The summed E-state index contributed by atoms with van der Waals surface area (Å²) in [6.45, 7) is 4.23. The van der Waals surface area contributed by atoms with Gasteiger partial charge in [-0.2, -0.15) is 0 Å². The second-order valence-electron chi connectivity index (χ2n) is 8.21. The predicted octanol–water partition coefficient (Wildman–Crippen LogP) is 3.29. The van der Waals surface area contributed by atoms with Crippen LogP contribution in [0.5, 0.6) is 0 Å². The average Bonchev–Trinajstić information content (AvgIpc) is 2.78. The third-order valence-corrected chi connectivity index (χ3v) is 6.18. The van der Waals surface area contributed by atoms with Gasteiger partial charge in [0.2, 0.25) is 5.91 Å². The minimum absolute atomic E-state index is 0.0358. The number of ether oxygens (including phenoxy) is 2. The van der Waals surface area contributed by atoms with Gasteiger partial charge >= 0.3 is 5.97 Å². The van der Waals surface area contributed by atoms with Crippen molar-refractivity contribution in [2.24, 2.45) is 0 Å². The standard InChI is InChI=1S/C23H34N2O4/c1-17(22(26)24-16-18-8-10-19(11-9-18)23(27)28-2)25-14-12-21(13-15-25)29-20-6-4-3-5-7-20/h8-11,17,20-21H,3-7,12-16H2,1-2H3,(H,24,26). The molecule has 2 aliphatic rings. The molecule has 1 aliphatic carbocycles. The SMILES string of the molecule is COC(=O)c1ccc(CNC(=O)C(C)N2CCC(OC3CCCCC3)CC2)cc1. The lowest BCUT2D eigenvalue weighted by Crippen LogP contribution is -2.49. The van der Waals surface area contributed by atoms with Crippen molar-refractivity contribution >= 4 is 11.9 Å². The molecular formula is C23H34N2O4. The Morgan fingerprint density at radius 2 is 1.66 bits per heavy atom. The minimum atomic E-state index is -0.356. The van der Waals surface area contributed by atoms with Gasteiger partial charge in [-0.25, -0.2) is 4.79 Å². The molecular weight excluding hydrogens is 368 g/mol. The van der Waals surface area contributed by atoms with Crippen LogP contribution >= 0.6 is 0 Å². The number of carbonyl (C=O) groups is 2. The highest BCUT2D eigenvalue weighted by Gasteiger charge is 2.28. The van der Waals surface area contributed by atoms with Crippen molar-refractivity contribution in [3.05, 3.63) is 35.4 Å². The van der Waals surface area contributed by atoms with Gasteiger partial charge in [0.05, 0.1) is 30.9 Å². The Bertz CT molecular complexity index is 662. The number of carbonyl (C=O) groups excluding carboxylic acids is 2. The second kappa shape index (κ2) is 10.7. The van der Waals surface area contributed by atoms with Gasteiger partial charge in [0.1, 0.15) is 0 Å². The smallest absolute Gasteiger partial charge is 0.337 e. The molecule has 160 valence electrons. The van der Waals surface area contributed by atoms with E-state index >= 15 is 0 Å². The van der Waals surface area contributed by atoms with Crippen LogP contribution < -0.4 is 5.32 Å². The Balaban J connectivity index is 1.39. The Kier molecular flexibility index (Phi) is 8.07. The summed E-state index contributed by atoms with van der Waals surface area (Å²) >= 11 is 0. The van der Waals surface area contributed by atoms with Crippen molar-refractivity contribution in [1.29, 1.82) is 0 Å². The molecule has 1 aromatic rings. The number of likely N-dealkylation sites (tertiary alicyclic amines) is 1. The van der Waals surface area contributed by atoms with E-state index in [1.54, 1.807) is 12.1 Å². The number of piperidine rings is 1. The lowest BCUT2D eigenvalue weighted by atomic mass is 9.97. The van der Waals surface area contributed by atoms with E-state index in [9.17, 15) is 9.59 Å². The van der Waals surface area contributed by atoms with Crippen molar-refractivity contribution < 1.29 is 19.1 Å². The molecule has 1 N–H and O–H groups in total. The van der Waals surface area contributed by atoms with E-state index in [0.29, 0.717) is 24.3 Å². The molecule has 1 saturated heterocycles. The van der Waals surface area contributed by atoms with Crippen LogP contribution in [0.15, 0.2) is 24.3 Å². The fourth-order valence-corrected chi connectivity index (χ4v) is 4.25. The monoisotopic (exact) mass is 402 g/mol. The molecule has 6 nitrogen and oxygen atoms in total. The van der Waals surface area contributed by atoms with Crippen molar-refractivity contribution in [2.45, 2.75) is 76.7 Å². The number of nitrogens with zero attached hydrogens (tertiary/aromatic N) is 1. The minimum Gasteiger partial charge on any atom is -0.465 e. The lowest BCUT2D eigenvalue weighted by Gasteiger charge is -2.37. The van der Waals surface area contributed by atoms with Crippen LogP contribution in [0, 0.1) is 0 Å². The van der Waals surface area contributed by atoms with Gasteiger partial charge in [-0.1, -0.05) is 31.4 Å². The zero-order valence-corrected chi connectivity index (χ0v) is 17.7. The van der Waals surface area contributed by atoms with E-state index in [2.05, 4.69) is 10.2 Å². The van der Waals surface area contributed by atoms with Crippen LogP contribution in [0.4, 0.5) is 0 Å². The van der Waals surface area contributed by atoms with E-state index in [-0.39, 0.29) is 17.9 Å². The fourth-order valence-electron chi connectivity index (χ4n) is 4.25. The lowest BCUT2D eigenvalue weighted by molar-refractivity contribution is -0.127. The van der Waals surface area contributed by atoms with Gasteiger partial charge < -0.3 is 14.8 Å². The first-order valence-electron chi connectivity index (χ1n) is 10.9. The third-order valence-electron chi connectivity index (χ3n) is 6.18. The number of amides is 1. The molecule has 1 aromatic carbocycles. The topological polar surface area (TPSA) is 67.9 Å². The molecule has 1 aliphatic heterocycles. The van der Waals surface area contributed by atoms with E-state index < -0.39 is 0 Å². The molecule has 3 rings (SSSR count). The Hall–Kier alpha value is -1.92. The van der Waals surface area contributed by atoms with Crippen LogP contribution in [0.25, 0.3) is 0 Å². The summed E-state index contributed by atoms with van der Waals surface area (Å²) < 4.78 is 11.0. The van der Waals surface area contributed by atoms with Crippen molar-refractivity contribution in [3.63, 3.8) is 0 Å². The van der Waals surface area contributed by atoms with Gasteiger partial charge in [-0.15, -0.1) is 0 Å². The summed E-state index contributed by atoms with van der Waals surface area (Å²) in [6.07, 6.45) is 9.16. The molecule has 0 aromatic heterocycles. The summed E-state index contributed by atoms with van der Waals surface area (Å²) in [6, 6.07) is 6.96. The van der Waals surface area contributed by atoms with Crippen molar-refractivity contribution in [2.75, 3.05) is 20.2 Å². The Morgan fingerprint density at radius 1 is 1.03 bits per heavy atom. The van der Waals surface area contributed by atoms with Gasteiger partial charge in [-0.3, -0.25) is 9.69 Å². The number of nitrogens with one attached hydrogen (secondary N) is 1. The predicted molar refractivity (Wildman–Crippen MR) is 112 cm³/mol. The normalized spacial score (nSPS) is 20.2. The van der Waals surface area contributed by atoms with E-state index in [1.165, 1.54) is 39.2 Å². The maximum absolute atomic E-state index is 12.6. The highest BCUT2D eigenvalue weighted by molar-refractivity contribution is 5.89. The van der Waals surface area contributed by atoms with Crippen LogP contribution in [0.2, 0.25) is 0 Å². The summed E-state index contributed by atoms with van der Waals surface area (Å²) in [4.78, 5) is 26.3. The summed E-state index contributed by atoms with van der Waals surface area (Å²) in [5.74, 6) is -0.321. The number of rotatable bonds is 7. The fraction of sp³-hybridized carbons (Fsp3) is 0.652. The molecule has 1 unspecified atom stereocenters. The number of methoxy groups -OCH3 is 1. The molecule has 1 amide bonds. The molecule has 1 saturated carbocycles. The molecule has 6 heteroatoms. The molecule has 0 spiro atoms. The van der Waals surface area contributed by atoms with Crippen LogP contribution in [0.3, 0.4) is 0 Å². The van der Waals surface area contributed by atoms with Crippen LogP contribution in [0.1, 0.15) is 67.8 Å². The molecule has 0 bridgehead atoms. The number of hydrogen-bond donors (Lipinski definition) is 1. The van der Waals surface area contributed by atoms with Gasteiger partial charge in [0, 0.05) is 19.6 Å². The second-order valence-corrected chi connectivity index (χ2v) is 8.21. The molecule has 1 heterocycles. The first-order valence-corrected chi connectivity index (χ1v) is 10.9. The number of benzene rings is 1. The molecule has 2 fully saturated rings. The molecule has 1 atom stereocenters. The first kappa shape index (κ1) is 21.8. The van der Waals surface area contributed by atoms with E-state index in [0.717, 1.165) is 31.5 Å². The summed E-state index contributed by atoms with van der Waals surface area (Å²) in [5.41, 5.74) is 1.46. The van der Waals surface area contributed by atoms with Crippen LogP contribution in [-0.2, 0) is 20.8 Å². The van der Waals surface area contributed by atoms with E-state index in [4.69, 9.17) is 9.47 Å². The average molecular weight is 403 g/mol. The summed E-state index contributed by atoms with van der Waals surface area (Å²) in [7, 11) is 1.36. The highest BCUT2D eigenvalue weighted by Crippen LogP contribution is 2.25. The number of hydrogen-bond acceptors (Lipinski definition) is 5. The number of esters is 1. The zero-order chi connectivity index (χ0) is 20.6. The van der Waals surface area contributed by atoms with Gasteiger partial charge in [0.15, 0.2) is 0 Å². The maximum atomic E-state index is 12.6. The van der Waals surface area contributed by atoms with Gasteiger partial charge in [-0.05, 0) is 50.3 Å². The van der Waals surface area contributed by atoms with Crippen LogP contribution in [-0.4, -0.2) is 55.2 Å². The van der Waals surface area contributed by atoms with Crippen molar-refractivity contribution in [3.8, 4) is 0 Å². The molecule has 29 heavy (non-hydrogen) atoms. The Labute approximate surface area is 173 Å². The largest absolute Gasteiger partial charge is 0.465 e. The van der Waals surface area contributed by atoms with Crippen molar-refractivity contribution in [1.82, 2.24) is 10.2 Å². The maximum Gasteiger partial charge on any atom is 0.337 e.